The Kier molecular flexibility index (Phi) is 6.07. The highest BCUT2D eigenvalue weighted by atomic mass is 32.2. The Labute approximate surface area is 225 Å². The molecule has 1 aromatic carbocycles. The molecule has 39 heavy (non-hydrogen) atoms. The molecule has 1 aliphatic carbocycles. The van der Waals surface area contributed by atoms with Gasteiger partial charge in [-0.2, -0.15) is 14.5 Å². The maximum Gasteiger partial charge on any atom is 0.246 e. The van der Waals surface area contributed by atoms with E-state index in [4.69, 9.17) is 0 Å². The number of Topliss-reactive ketones (excluding diaryl/α,β-unsaturated/α-hetero) is 1. The van der Waals surface area contributed by atoms with Crippen molar-refractivity contribution in [3.63, 3.8) is 0 Å². The molecule has 1 saturated heterocycles. The van der Waals surface area contributed by atoms with E-state index in [-0.39, 0.29) is 47.7 Å². The first-order valence-corrected chi connectivity index (χ1v) is 14.2. The summed E-state index contributed by atoms with van der Waals surface area (Å²) in [6.45, 7) is 4.05. The molecule has 200 valence electrons. The molecule has 11 heteroatoms. The van der Waals surface area contributed by atoms with Crippen molar-refractivity contribution in [3.8, 4) is 5.69 Å². The van der Waals surface area contributed by atoms with E-state index in [2.05, 4.69) is 15.2 Å². The lowest BCUT2D eigenvalue weighted by Crippen LogP contribution is -2.53. The fourth-order valence-corrected chi connectivity index (χ4v) is 6.88. The van der Waals surface area contributed by atoms with Gasteiger partial charge in [0.05, 0.1) is 29.2 Å². The highest BCUT2D eigenvalue weighted by Gasteiger charge is 2.51. The number of halogens is 1. The second-order valence-electron chi connectivity index (χ2n) is 10.3. The van der Waals surface area contributed by atoms with Crippen LogP contribution in [0.4, 0.5) is 4.39 Å². The van der Waals surface area contributed by atoms with Crippen molar-refractivity contribution in [2.45, 2.75) is 37.6 Å². The minimum atomic E-state index is -3.90. The average molecular weight is 547 g/mol. The molecule has 4 heterocycles. The van der Waals surface area contributed by atoms with Gasteiger partial charge in [-0.3, -0.25) is 14.5 Å². The van der Waals surface area contributed by atoms with E-state index < -0.39 is 15.4 Å². The largest absolute Gasteiger partial charge is 0.291 e. The molecular formula is C28H27FN6O3S. The van der Waals surface area contributed by atoms with Crippen LogP contribution in [0.3, 0.4) is 0 Å². The Morgan fingerprint density at radius 1 is 1.08 bits per heavy atom. The third-order valence-corrected chi connectivity index (χ3v) is 9.33. The first-order valence-electron chi connectivity index (χ1n) is 12.7. The second kappa shape index (κ2) is 9.35. The lowest BCUT2D eigenvalue weighted by Gasteiger charge is -2.44. The van der Waals surface area contributed by atoms with Crippen molar-refractivity contribution < 1.29 is 17.6 Å². The molecule has 1 fully saturated rings. The molecule has 0 spiro atoms. The number of sulfonamides is 1. The van der Waals surface area contributed by atoms with Crippen LogP contribution in [-0.2, 0) is 16.4 Å². The van der Waals surface area contributed by atoms with Gasteiger partial charge in [-0.25, -0.2) is 17.5 Å². The van der Waals surface area contributed by atoms with Crippen LogP contribution in [0.2, 0.25) is 0 Å². The van der Waals surface area contributed by atoms with Gasteiger partial charge in [0.1, 0.15) is 16.4 Å². The number of piperidine rings is 1. The number of nitrogens with zero attached hydrogens (tertiary/aromatic N) is 6. The molecule has 1 aliphatic heterocycles. The summed E-state index contributed by atoms with van der Waals surface area (Å²) >= 11 is 0. The first-order chi connectivity index (χ1) is 18.7. The number of fused-ring (bicyclic) bond motifs is 2. The molecule has 0 N–H and O–H groups in total. The summed E-state index contributed by atoms with van der Waals surface area (Å²) in [7, 11) is -3.90. The Bertz CT molecular complexity index is 1690. The van der Waals surface area contributed by atoms with Gasteiger partial charge in [0.15, 0.2) is 5.78 Å². The van der Waals surface area contributed by atoms with Crippen molar-refractivity contribution in [2.75, 3.05) is 13.1 Å². The number of pyridine rings is 1. The summed E-state index contributed by atoms with van der Waals surface area (Å²) < 4.78 is 45.7. The van der Waals surface area contributed by atoms with Crippen LogP contribution < -0.4 is 0 Å². The lowest BCUT2D eigenvalue weighted by molar-refractivity contribution is 0.0770. The number of ketones is 1. The van der Waals surface area contributed by atoms with Crippen LogP contribution in [0.25, 0.3) is 11.8 Å². The molecule has 4 aromatic rings. The van der Waals surface area contributed by atoms with Crippen LogP contribution in [0, 0.1) is 11.2 Å². The molecule has 0 unspecified atom stereocenters. The van der Waals surface area contributed by atoms with Crippen molar-refractivity contribution >= 4 is 21.9 Å². The predicted octanol–water partition coefficient (Wildman–Crippen LogP) is 4.09. The van der Waals surface area contributed by atoms with Gasteiger partial charge < -0.3 is 0 Å². The van der Waals surface area contributed by atoms with Crippen LogP contribution in [0.15, 0.2) is 77.7 Å². The SMILES string of the molecule is CC(C)n1cc(S(=O)(=O)N2CCC3=Cc4c(cnn4-c4ccc(F)cc4)C[C@]3(C(=O)c3ccccn3)C2)cn1. The van der Waals surface area contributed by atoms with E-state index in [0.29, 0.717) is 12.1 Å². The maximum atomic E-state index is 14.2. The van der Waals surface area contributed by atoms with Crippen LogP contribution in [0.1, 0.15) is 48.1 Å². The quantitative estimate of drug-likeness (QED) is 0.338. The van der Waals surface area contributed by atoms with E-state index in [0.717, 1.165) is 16.8 Å². The standard InChI is InChI=1S/C28H27FN6O3S/c1-19(2)34-17-24(16-31-34)39(37,38)33-12-10-21-13-26-20(15-32-35(26)23-8-6-22(29)7-9-23)14-28(21,18-33)27(36)25-5-3-4-11-30-25/h3-9,11,13,15-17,19H,10,12,14,18H2,1-2H3/t28-/m0/s1. The zero-order valence-electron chi connectivity index (χ0n) is 21.5. The Morgan fingerprint density at radius 3 is 2.56 bits per heavy atom. The molecule has 0 radical (unpaired) electrons. The van der Waals surface area contributed by atoms with Crippen LogP contribution in [-0.4, -0.2) is 56.1 Å². The van der Waals surface area contributed by atoms with Gasteiger partial charge in [-0.15, -0.1) is 0 Å². The number of benzene rings is 1. The van der Waals surface area contributed by atoms with E-state index in [1.165, 1.54) is 28.8 Å². The number of hydrogen-bond donors (Lipinski definition) is 0. The van der Waals surface area contributed by atoms with E-state index >= 15 is 0 Å². The number of carbonyl (C=O) groups excluding carboxylic acids is 1. The zero-order valence-corrected chi connectivity index (χ0v) is 22.3. The smallest absolute Gasteiger partial charge is 0.246 e. The van der Waals surface area contributed by atoms with E-state index in [9.17, 15) is 17.6 Å². The second-order valence-corrected chi connectivity index (χ2v) is 12.2. The lowest BCUT2D eigenvalue weighted by atomic mass is 9.65. The molecule has 3 aromatic heterocycles. The van der Waals surface area contributed by atoms with Gasteiger partial charge in [0, 0.05) is 31.5 Å². The minimum Gasteiger partial charge on any atom is -0.291 e. The fourth-order valence-electron chi connectivity index (χ4n) is 5.44. The zero-order chi connectivity index (χ0) is 27.4. The summed E-state index contributed by atoms with van der Waals surface area (Å²) in [6.07, 6.45) is 8.72. The summed E-state index contributed by atoms with van der Waals surface area (Å²) in [5, 5.41) is 8.75. The summed E-state index contributed by atoms with van der Waals surface area (Å²) in [5.74, 6) is -0.571. The van der Waals surface area contributed by atoms with Gasteiger partial charge in [0.25, 0.3) is 0 Å². The fraction of sp³-hybridized carbons (Fsp3) is 0.286. The first kappa shape index (κ1) is 25.3. The van der Waals surface area contributed by atoms with E-state index in [1.807, 2.05) is 19.9 Å². The molecule has 0 bridgehead atoms. The van der Waals surface area contributed by atoms with Crippen molar-refractivity contribution in [1.29, 1.82) is 0 Å². The molecule has 1 atom stereocenters. The molecule has 9 nitrogen and oxygen atoms in total. The molecule has 2 aliphatic rings. The Hall–Kier alpha value is -3.96. The number of carbonyl (C=O) groups is 1. The molecule has 6 rings (SSSR count). The third-order valence-electron chi connectivity index (χ3n) is 7.53. The van der Waals surface area contributed by atoms with Gasteiger partial charge >= 0.3 is 0 Å². The van der Waals surface area contributed by atoms with Gasteiger partial charge in [0.2, 0.25) is 10.0 Å². The summed E-state index contributed by atoms with van der Waals surface area (Å²) in [5.41, 5.74) is 2.27. The van der Waals surface area contributed by atoms with Crippen molar-refractivity contribution in [1.82, 2.24) is 28.9 Å². The topological polar surface area (TPSA) is 103 Å². The molecular weight excluding hydrogens is 519 g/mol. The van der Waals surface area contributed by atoms with Crippen LogP contribution >= 0.6 is 0 Å². The maximum absolute atomic E-state index is 14.2. The third kappa shape index (κ3) is 4.22. The Morgan fingerprint density at radius 2 is 1.87 bits per heavy atom. The minimum absolute atomic E-state index is 0.0105. The highest BCUT2D eigenvalue weighted by Crippen LogP contribution is 2.47. The highest BCUT2D eigenvalue weighted by molar-refractivity contribution is 7.89. The van der Waals surface area contributed by atoms with Gasteiger partial charge in [-0.05, 0) is 74.7 Å². The summed E-state index contributed by atoms with van der Waals surface area (Å²) in [4.78, 5) is 18.6. The average Bonchev–Trinajstić information content (AvgIpc) is 3.60. The molecule has 0 saturated carbocycles. The van der Waals surface area contributed by atoms with Gasteiger partial charge in [-0.1, -0.05) is 11.6 Å². The van der Waals surface area contributed by atoms with Crippen molar-refractivity contribution in [2.24, 2.45) is 5.41 Å². The monoisotopic (exact) mass is 546 g/mol. The van der Waals surface area contributed by atoms with Crippen molar-refractivity contribution in [3.05, 3.63) is 95.6 Å². The summed E-state index contributed by atoms with van der Waals surface area (Å²) in [6, 6.07) is 11.2. The van der Waals surface area contributed by atoms with Crippen LogP contribution in [0.5, 0.6) is 0 Å². The molecule has 0 amide bonds. The Balaban J connectivity index is 1.43. The predicted molar refractivity (Wildman–Crippen MR) is 142 cm³/mol. The normalized spacial score (nSPS) is 19.4. The van der Waals surface area contributed by atoms with E-state index in [1.54, 1.807) is 52.1 Å². The number of aromatic nitrogens is 5. The number of rotatable bonds is 6. The number of hydrogen-bond acceptors (Lipinski definition) is 6.